The van der Waals surface area contributed by atoms with E-state index in [9.17, 15) is 4.79 Å². The number of rotatable bonds is 4. The van der Waals surface area contributed by atoms with Gasteiger partial charge in [-0.25, -0.2) is 0 Å². The van der Waals surface area contributed by atoms with Crippen LogP contribution in [0.4, 0.5) is 0 Å². The van der Waals surface area contributed by atoms with E-state index in [2.05, 4.69) is 24.5 Å². The minimum atomic E-state index is -0.184. The van der Waals surface area contributed by atoms with Crippen molar-refractivity contribution in [2.75, 3.05) is 19.6 Å². The molecule has 0 radical (unpaired) electrons. The number of hydrogen-bond donors (Lipinski definition) is 2. The lowest BCUT2D eigenvalue weighted by molar-refractivity contribution is -0.132. The van der Waals surface area contributed by atoms with E-state index in [1.165, 1.54) is 25.7 Å². The first-order valence-electron chi connectivity index (χ1n) is 7.09. The monoisotopic (exact) mass is 274 g/mol. The Labute approximate surface area is 117 Å². The predicted octanol–water partition coefficient (Wildman–Crippen LogP) is 2.49. The summed E-state index contributed by atoms with van der Waals surface area (Å²) >= 11 is 0. The zero-order valence-electron chi connectivity index (χ0n) is 11.7. The van der Waals surface area contributed by atoms with Crippen molar-refractivity contribution in [2.45, 2.75) is 52.4 Å². The summed E-state index contributed by atoms with van der Waals surface area (Å²) in [5, 5.41) is 6.54. The fraction of sp³-hybridized carbons (Fsp3) is 0.929. The largest absolute Gasteiger partial charge is 0.355 e. The molecule has 0 aromatic heterocycles. The molecule has 106 valence electrons. The summed E-state index contributed by atoms with van der Waals surface area (Å²) in [6, 6.07) is 0. The lowest BCUT2D eigenvalue weighted by Crippen LogP contribution is -2.51. The quantitative estimate of drug-likeness (QED) is 0.827. The summed E-state index contributed by atoms with van der Waals surface area (Å²) in [6.07, 6.45) is 7.25. The second kappa shape index (κ2) is 6.25. The number of halogens is 1. The predicted molar refractivity (Wildman–Crippen MR) is 77.0 cm³/mol. The summed E-state index contributed by atoms with van der Waals surface area (Å²) in [4.78, 5) is 12.3. The first-order chi connectivity index (χ1) is 8.10. The molecule has 0 aromatic carbocycles. The summed E-state index contributed by atoms with van der Waals surface area (Å²) in [7, 11) is 0. The Kier molecular flexibility index (Phi) is 5.47. The zero-order chi connectivity index (χ0) is 12.4. The lowest BCUT2D eigenvalue weighted by atomic mass is 9.67. The summed E-state index contributed by atoms with van der Waals surface area (Å²) in [5.74, 6) is 0.254. The van der Waals surface area contributed by atoms with Crippen LogP contribution in [0.5, 0.6) is 0 Å². The van der Waals surface area contributed by atoms with Gasteiger partial charge in [0.25, 0.3) is 0 Å². The molecule has 1 atom stereocenters. The first-order valence-corrected chi connectivity index (χ1v) is 7.09. The van der Waals surface area contributed by atoms with Gasteiger partial charge in [-0.15, -0.1) is 12.4 Å². The third-order valence-electron chi connectivity index (χ3n) is 4.93. The highest BCUT2D eigenvalue weighted by atomic mass is 35.5. The van der Waals surface area contributed by atoms with Gasteiger partial charge in [0, 0.05) is 13.1 Å². The highest BCUT2D eigenvalue weighted by molar-refractivity contribution is 5.85. The maximum atomic E-state index is 12.3. The van der Waals surface area contributed by atoms with Gasteiger partial charge in [-0.1, -0.05) is 13.3 Å². The van der Waals surface area contributed by atoms with Crippen LogP contribution < -0.4 is 10.6 Å². The van der Waals surface area contributed by atoms with Gasteiger partial charge in [0.05, 0.1) is 5.41 Å². The molecule has 3 nitrogen and oxygen atoms in total. The minimum absolute atomic E-state index is 0. The standard InChI is InChI=1S/C14H26N2O.ClH/c1-3-14(7-4-8-14)11-16-12(17)13(2)6-5-9-15-10-13;/h15H,3-11H2,1-2H3,(H,16,17);1H. The molecular weight excluding hydrogens is 248 g/mol. The average Bonchev–Trinajstić information content (AvgIpc) is 2.29. The van der Waals surface area contributed by atoms with E-state index in [4.69, 9.17) is 0 Å². The Morgan fingerprint density at radius 1 is 1.28 bits per heavy atom. The Morgan fingerprint density at radius 3 is 2.44 bits per heavy atom. The van der Waals surface area contributed by atoms with Gasteiger partial charge in [-0.3, -0.25) is 4.79 Å². The summed E-state index contributed by atoms with van der Waals surface area (Å²) in [5.41, 5.74) is 0.241. The molecule has 2 aliphatic rings. The van der Waals surface area contributed by atoms with E-state index in [0.717, 1.165) is 32.5 Å². The van der Waals surface area contributed by atoms with E-state index < -0.39 is 0 Å². The van der Waals surface area contributed by atoms with Crippen LogP contribution in [-0.4, -0.2) is 25.5 Å². The molecule has 0 spiro atoms. The van der Waals surface area contributed by atoms with Crippen molar-refractivity contribution in [3.63, 3.8) is 0 Å². The lowest BCUT2D eigenvalue weighted by Gasteiger charge is -2.42. The molecule has 1 saturated carbocycles. The molecule has 4 heteroatoms. The third-order valence-corrected chi connectivity index (χ3v) is 4.93. The molecule has 1 unspecified atom stereocenters. The smallest absolute Gasteiger partial charge is 0.227 e. The van der Waals surface area contributed by atoms with Gasteiger partial charge in [0.1, 0.15) is 0 Å². The van der Waals surface area contributed by atoms with Gasteiger partial charge in [-0.05, 0) is 51.0 Å². The Bertz CT molecular complexity index is 278. The van der Waals surface area contributed by atoms with Crippen molar-refractivity contribution in [3.8, 4) is 0 Å². The van der Waals surface area contributed by atoms with Gasteiger partial charge in [-0.2, -0.15) is 0 Å². The maximum absolute atomic E-state index is 12.3. The molecule has 1 aliphatic heterocycles. The van der Waals surface area contributed by atoms with Crippen molar-refractivity contribution in [1.82, 2.24) is 10.6 Å². The normalized spacial score (nSPS) is 29.9. The molecule has 2 fully saturated rings. The first kappa shape index (κ1) is 15.8. The maximum Gasteiger partial charge on any atom is 0.227 e. The molecule has 1 aliphatic carbocycles. The highest BCUT2D eigenvalue weighted by Gasteiger charge is 2.38. The van der Waals surface area contributed by atoms with Crippen molar-refractivity contribution in [2.24, 2.45) is 10.8 Å². The molecule has 18 heavy (non-hydrogen) atoms. The second-order valence-electron chi connectivity index (χ2n) is 6.23. The van der Waals surface area contributed by atoms with Crippen LogP contribution in [0, 0.1) is 10.8 Å². The highest BCUT2D eigenvalue weighted by Crippen LogP contribution is 2.43. The van der Waals surface area contributed by atoms with E-state index in [0.29, 0.717) is 5.41 Å². The van der Waals surface area contributed by atoms with E-state index in [-0.39, 0.29) is 23.7 Å². The van der Waals surface area contributed by atoms with Crippen LogP contribution in [0.25, 0.3) is 0 Å². The van der Waals surface area contributed by atoms with Gasteiger partial charge in [0.2, 0.25) is 5.91 Å². The van der Waals surface area contributed by atoms with Crippen LogP contribution >= 0.6 is 12.4 Å². The third kappa shape index (κ3) is 3.18. The van der Waals surface area contributed by atoms with E-state index in [1.54, 1.807) is 0 Å². The Hall–Kier alpha value is -0.280. The zero-order valence-corrected chi connectivity index (χ0v) is 12.5. The van der Waals surface area contributed by atoms with Crippen LogP contribution in [0.1, 0.15) is 52.4 Å². The van der Waals surface area contributed by atoms with Gasteiger partial charge >= 0.3 is 0 Å². The van der Waals surface area contributed by atoms with Crippen molar-refractivity contribution < 1.29 is 4.79 Å². The topological polar surface area (TPSA) is 41.1 Å². The molecule has 1 saturated heterocycles. The van der Waals surface area contributed by atoms with Gasteiger partial charge < -0.3 is 10.6 Å². The molecule has 2 rings (SSSR count). The Morgan fingerprint density at radius 2 is 2.00 bits per heavy atom. The summed E-state index contributed by atoms with van der Waals surface area (Å²) in [6.45, 7) is 7.11. The SMILES string of the molecule is CCC1(CNC(=O)C2(C)CCCNC2)CCC1.Cl. The average molecular weight is 275 g/mol. The number of hydrogen-bond acceptors (Lipinski definition) is 2. The van der Waals surface area contributed by atoms with Crippen molar-refractivity contribution in [1.29, 1.82) is 0 Å². The van der Waals surface area contributed by atoms with Crippen molar-refractivity contribution in [3.05, 3.63) is 0 Å². The number of nitrogens with one attached hydrogen (secondary N) is 2. The van der Waals surface area contributed by atoms with Crippen LogP contribution in [0.15, 0.2) is 0 Å². The van der Waals surface area contributed by atoms with E-state index in [1.807, 2.05) is 0 Å². The molecule has 0 aromatic rings. The number of carbonyl (C=O) groups excluding carboxylic acids is 1. The molecule has 2 N–H and O–H groups in total. The summed E-state index contributed by atoms with van der Waals surface area (Å²) < 4.78 is 0. The van der Waals surface area contributed by atoms with Crippen LogP contribution in [0.2, 0.25) is 0 Å². The second-order valence-corrected chi connectivity index (χ2v) is 6.23. The molecule has 1 amide bonds. The Balaban J connectivity index is 0.00000162. The molecule has 1 heterocycles. The number of amides is 1. The number of carbonyl (C=O) groups is 1. The fourth-order valence-electron chi connectivity index (χ4n) is 3.06. The van der Waals surface area contributed by atoms with Crippen molar-refractivity contribution >= 4 is 18.3 Å². The molecular formula is C14H27ClN2O. The van der Waals surface area contributed by atoms with E-state index >= 15 is 0 Å². The van der Waals surface area contributed by atoms with Crippen LogP contribution in [-0.2, 0) is 4.79 Å². The minimum Gasteiger partial charge on any atom is -0.355 e. The fourth-order valence-corrected chi connectivity index (χ4v) is 3.06. The molecule has 0 bridgehead atoms. The number of piperidine rings is 1. The van der Waals surface area contributed by atoms with Crippen LogP contribution in [0.3, 0.4) is 0 Å². The van der Waals surface area contributed by atoms with Gasteiger partial charge in [0.15, 0.2) is 0 Å².